The summed E-state index contributed by atoms with van der Waals surface area (Å²) in [5, 5.41) is 14.7. The molecular formula is C16H21N3O. The van der Waals surface area contributed by atoms with E-state index in [0.29, 0.717) is 19.0 Å². The molecule has 0 unspecified atom stereocenters. The molecule has 0 aliphatic heterocycles. The molecule has 0 saturated heterocycles. The van der Waals surface area contributed by atoms with E-state index < -0.39 is 0 Å². The monoisotopic (exact) mass is 271 g/mol. The molecule has 0 heterocycles. The molecule has 0 spiro atoms. The van der Waals surface area contributed by atoms with Crippen molar-refractivity contribution in [3.8, 4) is 6.07 Å². The van der Waals surface area contributed by atoms with E-state index in [-0.39, 0.29) is 11.5 Å². The summed E-state index contributed by atoms with van der Waals surface area (Å²) in [6.45, 7) is 7.19. The molecule has 0 aliphatic carbocycles. The number of carbonyl (C=O) groups excluding carboxylic acids is 1. The van der Waals surface area contributed by atoms with Gasteiger partial charge in [-0.3, -0.25) is 4.79 Å². The summed E-state index contributed by atoms with van der Waals surface area (Å²) >= 11 is 0. The summed E-state index contributed by atoms with van der Waals surface area (Å²) < 4.78 is 0. The largest absolute Gasteiger partial charge is 0.386 e. The van der Waals surface area contributed by atoms with E-state index in [4.69, 9.17) is 5.26 Å². The topological polar surface area (TPSA) is 64.9 Å². The van der Waals surface area contributed by atoms with E-state index >= 15 is 0 Å². The minimum Gasteiger partial charge on any atom is -0.386 e. The Morgan fingerprint density at radius 3 is 2.55 bits per heavy atom. The highest BCUT2D eigenvalue weighted by atomic mass is 16.1. The molecule has 1 amide bonds. The van der Waals surface area contributed by atoms with Gasteiger partial charge in [-0.05, 0) is 18.4 Å². The van der Waals surface area contributed by atoms with Gasteiger partial charge in [0.25, 0.3) is 5.91 Å². The fraction of sp³-hybridized carbons (Fsp3) is 0.375. The van der Waals surface area contributed by atoms with Crippen molar-refractivity contribution >= 4 is 5.91 Å². The second kappa shape index (κ2) is 8.00. The maximum Gasteiger partial charge on any atom is 0.263 e. The number of carbonyl (C=O) groups is 1. The van der Waals surface area contributed by atoms with Crippen LogP contribution in [0.5, 0.6) is 0 Å². The minimum atomic E-state index is -0.336. The number of amides is 1. The van der Waals surface area contributed by atoms with Crippen LogP contribution in [-0.4, -0.2) is 12.5 Å². The summed E-state index contributed by atoms with van der Waals surface area (Å²) in [5.41, 5.74) is 2.40. The molecule has 0 bridgehead atoms. The first-order chi connectivity index (χ1) is 9.52. The first-order valence-electron chi connectivity index (χ1n) is 6.70. The lowest BCUT2D eigenvalue weighted by molar-refractivity contribution is -0.117. The second-order valence-electron chi connectivity index (χ2n) is 5.14. The third-order valence-electron chi connectivity index (χ3n) is 2.71. The van der Waals surface area contributed by atoms with Crippen LogP contribution < -0.4 is 10.6 Å². The predicted octanol–water partition coefficient (Wildman–Crippen LogP) is 2.26. The molecule has 0 atom stereocenters. The third kappa shape index (κ3) is 5.57. The molecule has 0 aromatic heterocycles. The first kappa shape index (κ1) is 15.8. The molecule has 0 radical (unpaired) electrons. The fourth-order valence-electron chi connectivity index (χ4n) is 1.52. The van der Waals surface area contributed by atoms with Crippen LogP contribution in [0.3, 0.4) is 0 Å². The minimum absolute atomic E-state index is 0.0951. The van der Waals surface area contributed by atoms with Gasteiger partial charge in [-0.2, -0.15) is 5.26 Å². The van der Waals surface area contributed by atoms with E-state index in [2.05, 4.69) is 10.6 Å². The molecule has 0 aliphatic rings. The Morgan fingerprint density at radius 2 is 2.00 bits per heavy atom. The zero-order chi connectivity index (χ0) is 15.0. The van der Waals surface area contributed by atoms with Crippen LogP contribution >= 0.6 is 0 Å². The van der Waals surface area contributed by atoms with Gasteiger partial charge in [0.05, 0.1) is 0 Å². The number of hydrogen-bond acceptors (Lipinski definition) is 3. The Balaban J connectivity index is 2.51. The third-order valence-corrected chi connectivity index (χ3v) is 2.71. The van der Waals surface area contributed by atoms with Crippen LogP contribution in [0.4, 0.5) is 0 Å². The zero-order valence-corrected chi connectivity index (χ0v) is 12.2. The van der Waals surface area contributed by atoms with Gasteiger partial charge >= 0.3 is 0 Å². The van der Waals surface area contributed by atoms with E-state index in [1.165, 1.54) is 11.8 Å². The Labute approximate surface area is 120 Å². The van der Waals surface area contributed by atoms with Crippen LogP contribution in [0.25, 0.3) is 0 Å². The Bertz CT molecular complexity index is 510. The van der Waals surface area contributed by atoms with Gasteiger partial charge in [0, 0.05) is 19.3 Å². The van der Waals surface area contributed by atoms with Gasteiger partial charge in [-0.25, -0.2) is 0 Å². The second-order valence-corrected chi connectivity index (χ2v) is 5.14. The van der Waals surface area contributed by atoms with Crippen LogP contribution in [0.15, 0.2) is 36.0 Å². The number of nitriles is 1. The zero-order valence-electron chi connectivity index (χ0n) is 12.2. The van der Waals surface area contributed by atoms with Crippen molar-refractivity contribution in [1.29, 1.82) is 5.26 Å². The quantitative estimate of drug-likeness (QED) is 0.616. The number of benzene rings is 1. The number of rotatable bonds is 6. The summed E-state index contributed by atoms with van der Waals surface area (Å²) in [4.78, 5) is 11.7. The average molecular weight is 271 g/mol. The lowest BCUT2D eigenvalue weighted by Crippen LogP contribution is -2.29. The van der Waals surface area contributed by atoms with Gasteiger partial charge in [0.1, 0.15) is 11.6 Å². The van der Waals surface area contributed by atoms with Gasteiger partial charge in [-0.15, -0.1) is 0 Å². The molecule has 0 saturated carbocycles. The van der Waals surface area contributed by atoms with Gasteiger partial charge in [0.15, 0.2) is 0 Å². The molecule has 4 heteroatoms. The molecule has 1 aromatic rings. The normalized spacial score (nSPS) is 11.1. The van der Waals surface area contributed by atoms with Crippen molar-refractivity contribution in [2.24, 2.45) is 5.92 Å². The molecule has 1 rings (SSSR count). The van der Waals surface area contributed by atoms with E-state index in [1.807, 2.05) is 51.1 Å². The van der Waals surface area contributed by atoms with Crippen molar-refractivity contribution in [3.05, 3.63) is 47.2 Å². The Morgan fingerprint density at radius 1 is 1.35 bits per heavy atom. The van der Waals surface area contributed by atoms with Crippen LogP contribution in [0.2, 0.25) is 0 Å². The van der Waals surface area contributed by atoms with Crippen molar-refractivity contribution in [3.63, 3.8) is 0 Å². The lowest BCUT2D eigenvalue weighted by Gasteiger charge is -2.07. The fourth-order valence-corrected chi connectivity index (χ4v) is 1.52. The summed E-state index contributed by atoms with van der Waals surface area (Å²) in [7, 11) is 0. The summed E-state index contributed by atoms with van der Waals surface area (Å²) in [6, 6.07) is 10.00. The van der Waals surface area contributed by atoms with Crippen LogP contribution in [0.1, 0.15) is 25.0 Å². The Hall–Kier alpha value is -2.28. The molecule has 2 N–H and O–H groups in total. The summed E-state index contributed by atoms with van der Waals surface area (Å²) in [6.07, 6.45) is 1.47. The molecule has 4 nitrogen and oxygen atoms in total. The number of aryl methyl sites for hydroxylation is 1. The predicted molar refractivity (Wildman–Crippen MR) is 79.6 cm³/mol. The maximum absolute atomic E-state index is 11.7. The van der Waals surface area contributed by atoms with Gasteiger partial charge < -0.3 is 10.6 Å². The lowest BCUT2D eigenvalue weighted by atomic mass is 10.1. The van der Waals surface area contributed by atoms with Crippen molar-refractivity contribution in [2.45, 2.75) is 27.3 Å². The Kier molecular flexibility index (Phi) is 6.31. The van der Waals surface area contributed by atoms with Crippen molar-refractivity contribution < 1.29 is 4.79 Å². The molecule has 0 fully saturated rings. The standard InChI is InChI=1S/C16H21N3O/c1-12(2)9-19-16(20)15(8-17)11-18-10-14-6-4-13(3)5-7-14/h4-7,11-12,18H,9-10H2,1-3H3,(H,19,20)/b15-11-. The van der Waals surface area contributed by atoms with E-state index in [1.54, 1.807) is 0 Å². The maximum atomic E-state index is 11.7. The molecular weight excluding hydrogens is 250 g/mol. The van der Waals surface area contributed by atoms with Crippen molar-refractivity contribution in [1.82, 2.24) is 10.6 Å². The van der Waals surface area contributed by atoms with Gasteiger partial charge in [-0.1, -0.05) is 43.7 Å². The number of hydrogen-bond donors (Lipinski definition) is 2. The first-order valence-corrected chi connectivity index (χ1v) is 6.70. The molecule has 20 heavy (non-hydrogen) atoms. The van der Waals surface area contributed by atoms with Gasteiger partial charge in [0.2, 0.25) is 0 Å². The summed E-state index contributed by atoms with van der Waals surface area (Å²) in [5.74, 6) is 0.0250. The SMILES string of the molecule is Cc1ccc(CN/C=C(/C#N)C(=O)NCC(C)C)cc1. The average Bonchev–Trinajstić information content (AvgIpc) is 2.43. The highest BCUT2D eigenvalue weighted by molar-refractivity contribution is 5.97. The highest BCUT2D eigenvalue weighted by Crippen LogP contribution is 2.02. The molecule has 106 valence electrons. The molecule has 1 aromatic carbocycles. The van der Waals surface area contributed by atoms with E-state index in [9.17, 15) is 4.79 Å². The number of nitrogens with one attached hydrogen (secondary N) is 2. The highest BCUT2D eigenvalue weighted by Gasteiger charge is 2.08. The van der Waals surface area contributed by atoms with E-state index in [0.717, 1.165) is 5.56 Å². The van der Waals surface area contributed by atoms with Crippen LogP contribution in [0, 0.1) is 24.2 Å². The van der Waals surface area contributed by atoms with Crippen LogP contribution in [-0.2, 0) is 11.3 Å². The smallest absolute Gasteiger partial charge is 0.263 e. The number of nitrogens with zero attached hydrogens (tertiary/aromatic N) is 1. The van der Waals surface area contributed by atoms with Crippen molar-refractivity contribution in [2.75, 3.05) is 6.54 Å².